The van der Waals surface area contributed by atoms with Crippen LogP contribution in [0.25, 0.3) is 0 Å². The number of amides is 2. The van der Waals surface area contributed by atoms with Crippen LogP contribution in [0.3, 0.4) is 0 Å². The lowest BCUT2D eigenvalue weighted by atomic mass is 9.73. The summed E-state index contributed by atoms with van der Waals surface area (Å²) in [5.74, 6) is 6.20. The predicted octanol–water partition coefficient (Wildman–Crippen LogP) is 1.91. The lowest BCUT2D eigenvalue weighted by Crippen LogP contribution is -2.73. The van der Waals surface area contributed by atoms with Gasteiger partial charge in [-0.05, 0) is 42.3 Å². The van der Waals surface area contributed by atoms with E-state index in [9.17, 15) is 14.7 Å². The molecule has 4 rings (SSSR count). The Hall–Kier alpha value is -3.10. The molecule has 2 fully saturated rings. The van der Waals surface area contributed by atoms with Gasteiger partial charge in [-0.25, -0.2) is 0 Å². The van der Waals surface area contributed by atoms with Gasteiger partial charge in [0.1, 0.15) is 0 Å². The molecule has 2 amide bonds. The molecule has 2 heterocycles. The van der Waals surface area contributed by atoms with Gasteiger partial charge < -0.3 is 14.9 Å². The first-order chi connectivity index (χ1) is 14.0. The highest BCUT2D eigenvalue weighted by Crippen LogP contribution is 2.42. The second-order valence-electron chi connectivity index (χ2n) is 7.79. The molecule has 148 valence electrons. The van der Waals surface area contributed by atoms with E-state index in [1.54, 1.807) is 9.80 Å². The SMILES string of the molecule is CC(=O)N1CC(=O)N2[C@@H](CO)[C@@H](c3ccc(C#Cc4cccc(C)c4)cc3)[C@@H]2C1. The van der Waals surface area contributed by atoms with Gasteiger partial charge in [-0.2, -0.15) is 0 Å². The average molecular weight is 388 g/mol. The maximum absolute atomic E-state index is 12.4. The topological polar surface area (TPSA) is 60.9 Å². The van der Waals surface area contributed by atoms with E-state index >= 15 is 0 Å². The molecule has 2 aliphatic rings. The molecular formula is C24H24N2O3. The van der Waals surface area contributed by atoms with Gasteiger partial charge in [0.2, 0.25) is 11.8 Å². The molecule has 2 aromatic carbocycles. The van der Waals surface area contributed by atoms with Gasteiger partial charge in [-0.3, -0.25) is 9.59 Å². The van der Waals surface area contributed by atoms with Crippen LogP contribution in [0.15, 0.2) is 48.5 Å². The summed E-state index contributed by atoms with van der Waals surface area (Å²) in [6, 6.07) is 15.8. The van der Waals surface area contributed by atoms with E-state index in [-0.39, 0.29) is 43.0 Å². The van der Waals surface area contributed by atoms with Crippen molar-refractivity contribution in [3.8, 4) is 11.8 Å². The molecule has 5 heteroatoms. The molecule has 29 heavy (non-hydrogen) atoms. The monoisotopic (exact) mass is 388 g/mol. The zero-order valence-corrected chi connectivity index (χ0v) is 16.6. The summed E-state index contributed by atoms with van der Waals surface area (Å²) >= 11 is 0. The number of aryl methyl sites for hydroxylation is 1. The second-order valence-corrected chi connectivity index (χ2v) is 7.79. The Morgan fingerprint density at radius 3 is 2.52 bits per heavy atom. The van der Waals surface area contributed by atoms with Gasteiger partial charge >= 0.3 is 0 Å². The van der Waals surface area contributed by atoms with Gasteiger partial charge in [-0.15, -0.1) is 0 Å². The highest BCUT2D eigenvalue weighted by atomic mass is 16.3. The third-order valence-electron chi connectivity index (χ3n) is 5.86. The van der Waals surface area contributed by atoms with E-state index in [0.717, 1.165) is 16.7 Å². The highest BCUT2D eigenvalue weighted by molar-refractivity contribution is 5.87. The van der Waals surface area contributed by atoms with Crippen molar-refractivity contribution in [2.45, 2.75) is 31.8 Å². The molecule has 5 nitrogen and oxygen atoms in total. The Labute approximate surface area is 170 Å². The van der Waals surface area contributed by atoms with E-state index < -0.39 is 0 Å². The van der Waals surface area contributed by atoms with Crippen LogP contribution in [0.5, 0.6) is 0 Å². The number of carbonyl (C=O) groups is 2. The summed E-state index contributed by atoms with van der Waals surface area (Å²) < 4.78 is 0. The Bertz CT molecular complexity index is 1000. The Kier molecular flexibility index (Phi) is 5.12. The highest BCUT2D eigenvalue weighted by Gasteiger charge is 2.54. The zero-order valence-electron chi connectivity index (χ0n) is 16.6. The van der Waals surface area contributed by atoms with Crippen LogP contribution in [-0.2, 0) is 9.59 Å². The number of hydrogen-bond donors (Lipinski definition) is 1. The Balaban J connectivity index is 1.54. The molecule has 0 saturated carbocycles. The zero-order chi connectivity index (χ0) is 20.5. The quantitative estimate of drug-likeness (QED) is 0.800. The van der Waals surface area contributed by atoms with Crippen LogP contribution in [0.1, 0.15) is 35.1 Å². The minimum atomic E-state index is -0.231. The first kappa shape index (κ1) is 19.2. The van der Waals surface area contributed by atoms with E-state index in [1.165, 1.54) is 12.5 Å². The molecule has 1 N–H and O–H groups in total. The molecule has 0 spiro atoms. The third kappa shape index (κ3) is 3.64. The van der Waals surface area contributed by atoms with Crippen LogP contribution in [0.2, 0.25) is 0 Å². The summed E-state index contributed by atoms with van der Waals surface area (Å²) in [6.07, 6.45) is 0. The van der Waals surface area contributed by atoms with Crippen molar-refractivity contribution in [2.75, 3.05) is 19.7 Å². The molecule has 2 aromatic rings. The number of nitrogens with zero attached hydrogens (tertiary/aromatic N) is 2. The fraction of sp³-hybridized carbons (Fsp3) is 0.333. The summed E-state index contributed by atoms with van der Waals surface area (Å²) in [6.45, 7) is 4.06. The number of piperazine rings is 1. The first-order valence-corrected chi connectivity index (χ1v) is 9.84. The van der Waals surface area contributed by atoms with E-state index in [2.05, 4.69) is 17.9 Å². The minimum Gasteiger partial charge on any atom is -0.394 e. The maximum Gasteiger partial charge on any atom is 0.242 e. The van der Waals surface area contributed by atoms with Crippen LogP contribution in [-0.4, -0.2) is 58.5 Å². The molecule has 2 saturated heterocycles. The Morgan fingerprint density at radius 2 is 1.86 bits per heavy atom. The number of carbonyl (C=O) groups excluding carboxylic acids is 2. The van der Waals surface area contributed by atoms with Gasteiger partial charge in [0.25, 0.3) is 0 Å². The number of aliphatic hydroxyl groups excluding tert-OH is 1. The molecule has 2 aliphatic heterocycles. The van der Waals surface area contributed by atoms with Crippen molar-refractivity contribution >= 4 is 11.8 Å². The van der Waals surface area contributed by atoms with Gasteiger partial charge in [-0.1, -0.05) is 36.1 Å². The lowest BCUT2D eigenvalue weighted by molar-refractivity contribution is -0.166. The van der Waals surface area contributed by atoms with Gasteiger partial charge in [0, 0.05) is 30.5 Å². The van der Waals surface area contributed by atoms with Crippen LogP contribution < -0.4 is 0 Å². The van der Waals surface area contributed by atoms with E-state index in [0.29, 0.717) is 6.54 Å². The molecule has 0 aliphatic carbocycles. The number of benzene rings is 2. The largest absolute Gasteiger partial charge is 0.394 e. The van der Waals surface area contributed by atoms with E-state index in [4.69, 9.17) is 0 Å². The van der Waals surface area contributed by atoms with Crippen molar-refractivity contribution in [1.82, 2.24) is 9.80 Å². The second kappa shape index (κ2) is 7.73. The molecule has 0 bridgehead atoms. The van der Waals surface area contributed by atoms with Gasteiger partial charge in [0.15, 0.2) is 0 Å². The molecule has 0 radical (unpaired) electrons. The lowest BCUT2D eigenvalue weighted by Gasteiger charge is -2.58. The maximum atomic E-state index is 12.4. The first-order valence-electron chi connectivity index (χ1n) is 9.84. The summed E-state index contributed by atoms with van der Waals surface area (Å²) in [7, 11) is 0. The number of aliphatic hydroxyl groups is 1. The van der Waals surface area contributed by atoms with Gasteiger partial charge in [0.05, 0.1) is 25.2 Å². The minimum absolute atomic E-state index is 0.0184. The molecular weight excluding hydrogens is 364 g/mol. The smallest absolute Gasteiger partial charge is 0.242 e. The number of fused-ring (bicyclic) bond motifs is 1. The van der Waals surface area contributed by atoms with E-state index in [1.807, 2.05) is 49.4 Å². The predicted molar refractivity (Wildman–Crippen MR) is 110 cm³/mol. The molecule has 0 aromatic heterocycles. The van der Waals surface area contributed by atoms with Crippen LogP contribution in [0, 0.1) is 18.8 Å². The summed E-state index contributed by atoms with van der Waals surface area (Å²) in [5, 5.41) is 9.84. The number of rotatable bonds is 2. The molecule has 0 unspecified atom stereocenters. The summed E-state index contributed by atoms with van der Waals surface area (Å²) in [4.78, 5) is 27.5. The molecule has 3 atom stereocenters. The van der Waals surface area contributed by atoms with Crippen molar-refractivity contribution in [2.24, 2.45) is 0 Å². The van der Waals surface area contributed by atoms with Crippen LogP contribution >= 0.6 is 0 Å². The fourth-order valence-corrected chi connectivity index (χ4v) is 4.40. The van der Waals surface area contributed by atoms with Crippen molar-refractivity contribution in [1.29, 1.82) is 0 Å². The van der Waals surface area contributed by atoms with Crippen LogP contribution in [0.4, 0.5) is 0 Å². The van der Waals surface area contributed by atoms with Crippen molar-refractivity contribution in [3.05, 3.63) is 70.8 Å². The van der Waals surface area contributed by atoms with Crippen molar-refractivity contribution in [3.63, 3.8) is 0 Å². The third-order valence-corrected chi connectivity index (χ3v) is 5.86. The normalized spacial score (nSPS) is 23.0. The average Bonchev–Trinajstić information content (AvgIpc) is 2.68. The summed E-state index contributed by atoms with van der Waals surface area (Å²) in [5.41, 5.74) is 4.13. The number of hydrogen-bond acceptors (Lipinski definition) is 3. The Morgan fingerprint density at radius 1 is 1.14 bits per heavy atom. The standard InChI is InChI=1S/C24H24N2O3/c1-16-4-3-5-19(12-16)7-6-18-8-10-20(11-9-18)24-21-13-25(17(2)28)14-23(29)26(21)22(24)15-27/h3-5,8-12,21-22,24,27H,13-15H2,1-2H3/t21-,22-,24-/m0/s1. The van der Waals surface area contributed by atoms with Crippen molar-refractivity contribution < 1.29 is 14.7 Å². The fourth-order valence-electron chi connectivity index (χ4n) is 4.40.